The van der Waals surface area contributed by atoms with Crippen molar-refractivity contribution in [2.24, 2.45) is 0 Å². The molecule has 8 nitrogen and oxygen atoms in total. The lowest BCUT2D eigenvalue weighted by Gasteiger charge is -2.24. The van der Waals surface area contributed by atoms with Crippen LogP contribution in [0.4, 0.5) is 0 Å². The zero-order valence-corrected chi connectivity index (χ0v) is 18.0. The molecule has 2 aliphatic heterocycles. The minimum absolute atomic E-state index is 0.0426. The molecule has 1 unspecified atom stereocenters. The monoisotopic (exact) mass is 429 g/mol. The van der Waals surface area contributed by atoms with Gasteiger partial charge in [0.1, 0.15) is 5.69 Å². The first-order chi connectivity index (χ1) is 15.9. The topological polar surface area (TPSA) is 82.7 Å². The molecule has 2 aliphatic rings. The van der Waals surface area contributed by atoms with Gasteiger partial charge in [-0.3, -0.25) is 0 Å². The molecule has 0 saturated carbocycles. The first-order valence-electron chi connectivity index (χ1n) is 11.5. The van der Waals surface area contributed by atoms with Crippen molar-refractivity contribution in [3.05, 3.63) is 54.5 Å². The van der Waals surface area contributed by atoms with Crippen LogP contribution in [-0.2, 0) is 4.74 Å². The van der Waals surface area contributed by atoms with Gasteiger partial charge in [-0.1, -0.05) is 6.07 Å². The maximum absolute atomic E-state index is 6.09. The number of benzene rings is 1. The highest BCUT2D eigenvalue weighted by Crippen LogP contribution is 2.35. The molecular weight excluding hydrogens is 402 g/mol. The van der Waals surface area contributed by atoms with E-state index >= 15 is 0 Å². The number of rotatable bonds is 4. The molecule has 164 valence electrons. The van der Waals surface area contributed by atoms with E-state index in [4.69, 9.17) is 14.8 Å². The van der Waals surface area contributed by atoms with Gasteiger partial charge in [0.15, 0.2) is 17.9 Å². The van der Waals surface area contributed by atoms with Crippen LogP contribution in [0.25, 0.3) is 28.2 Å². The van der Waals surface area contributed by atoms with Crippen molar-refractivity contribution in [2.75, 3.05) is 19.7 Å². The van der Waals surface area contributed by atoms with E-state index in [1.54, 1.807) is 17.1 Å². The molecule has 0 bridgehead atoms. The van der Waals surface area contributed by atoms with Gasteiger partial charge >= 0.3 is 0 Å². The lowest BCUT2D eigenvalue weighted by Crippen LogP contribution is -2.26. The van der Waals surface area contributed by atoms with Crippen LogP contribution in [0, 0.1) is 0 Å². The van der Waals surface area contributed by atoms with Crippen molar-refractivity contribution in [3.63, 3.8) is 0 Å². The van der Waals surface area contributed by atoms with Crippen LogP contribution in [0.15, 0.2) is 48.9 Å². The molecule has 1 aromatic carbocycles. The van der Waals surface area contributed by atoms with Crippen LogP contribution < -0.4 is 5.32 Å². The molecule has 32 heavy (non-hydrogen) atoms. The van der Waals surface area contributed by atoms with Crippen LogP contribution in [0.2, 0.25) is 0 Å². The van der Waals surface area contributed by atoms with E-state index in [1.807, 2.05) is 23.0 Å². The standard InChI is InChI=1S/C24H27N7O/c1-2-15-32-22(4-1)31-20-6-5-18(17-7-11-25-12-8-17)16-19(20)23(29-31)24-26-13-9-21(28-24)30-14-3-10-27-30/h3,5-6,9-10,13-14,16-17,22,25H,1-2,4,7-8,11-12,15H2. The Kier molecular flexibility index (Phi) is 5.16. The Balaban J connectivity index is 1.48. The highest BCUT2D eigenvalue weighted by atomic mass is 16.5. The summed E-state index contributed by atoms with van der Waals surface area (Å²) in [7, 11) is 0. The van der Waals surface area contributed by atoms with Crippen molar-refractivity contribution in [1.82, 2.24) is 34.8 Å². The van der Waals surface area contributed by atoms with Crippen molar-refractivity contribution < 1.29 is 4.74 Å². The van der Waals surface area contributed by atoms with E-state index in [0.717, 1.165) is 74.2 Å². The van der Waals surface area contributed by atoms with Gasteiger partial charge in [0.2, 0.25) is 0 Å². The molecule has 1 atom stereocenters. The SMILES string of the molecule is c1cnn(-c2ccnc(-c3nn(C4CCCCO4)c4ccc(C5CCNCC5)cc34)n2)c1. The summed E-state index contributed by atoms with van der Waals surface area (Å²) in [5.41, 5.74) is 3.25. The fourth-order valence-corrected chi connectivity index (χ4v) is 4.86. The lowest BCUT2D eigenvalue weighted by molar-refractivity contribution is -0.0365. The summed E-state index contributed by atoms with van der Waals surface area (Å²) < 4.78 is 9.87. The van der Waals surface area contributed by atoms with Crippen LogP contribution in [-0.4, -0.2) is 49.2 Å². The molecule has 8 heteroatoms. The number of fused-ring (bicyclic) bond motifs is 1. The zero-order chi connectivity index (χ0) is 21.3. The van der Waals surface area contributed by atoms with Crippen LogP contribution in [0.1, 0.15) is 49.8 Å². The van der Waals surface area contributed by atoms with Crippen LogP contribution >= 0.6 is 0 Å². The molecule has 3 aromatic heterocycles. The molecule has 4 aromatic rings. The maximum atomic E-state index is 6.09. The number of aromatic nitrogens is 6. The van der Waals surface area contributed by atoms with Gasteiger partial charge in [0.25, 0.3) is 0 Å². The molecule has 0 aliphatic carbocycles. The van der Waals surface area contributed by atoms with Crippen molar-refractivity contribution in [3.8, 4) is 17.3 Å². The minimum atomic E-state index is -0.0426. The molecule has 0 spiro atoms. The van der Waals surface area contributed by atoms with E-state index in [2.05, 4.69) is 33.6 Å². The van der Waals surface area contributed by atoms with E-state index in [1.165, 1.54) is 5.56 Å². The number of ether oxygens (including phenoxy) is 1. The van der Waals surface area contributed by atoms with Crippen LogP contribution in [0.3, 0.4) is 0 Å². The molecule has 5 heterocycles. The summed E-state index contributed by atoms with van der Waals surface area (Å²) in [6.07, 6.45) is 10.9. The van der Waals surface area contributed by atoms with Crippen molar-refractivity contribution >= 4 is 10.9 Å². The average Bonchev–Trinajstić information content (AvgIpc) is 3.54. The largest absolute Gasteiger partial charge is 0.356 e. The van der Waals surface area contributed by atoms with Gasteiger partial charge in [-0.25, -0.2) is 19.3 Å². The van der Waals surface area contributed by atoms with Gasteiger partial charge in [0, 0.05) is 36.7 Å². The molecule has 6 rings (SSSR count). The molecule has 1 N–H and O–H groups in total. The Labute approximate surface area is 186 Å². The molecule has 2 saturated heterocycles. The van der Waals surface area contributed by atoms with Gasteiger partial charge in [-0.05, 0) is 74.9 Å². The highest BCUT2D eigenvalue weighted by Gasteiger charge is 2.24. The Hall–Kier alpha value is -3.10. The third-order valence-corrected chi connectivity index (χ3v) is 6.56. The minimum Gasteiger partial charge on any atom is -0.356 e. The molecule has 2 fully saturated rings. The third kappa shape index (κ3) is 3.59. The number of hydrogen-bond acceptors (Lipinski definition) is 6. The number of nitrogens with zero attached hydrogens (tertiary/aromatic N) is 6. The number of hydrogen-bond donors (Lipinski definition) is 1. The van der Waals surface area contributed by atoms with Gasteiger partial charge in [-0.15, -0.1) is 0 Å². The van der Waals surface area contributed by atoms with E-state index < -0.39 is 0 Å². The summed E-state index contributed by atoms with van der Waals surface area (Å²) in [5.74, 6) is 1.91. The second kappa shape index (κ2) is 8.44. The first kappa shape index (κ1) is 19.6. The second-order valence-corrected chi connectivity index (χ2v) is 8.60. The Morgan fingerprint density at radius 3 is 2.78 bits per heavy atom. The fourth-order valence-electron chi connectivity index (χ4n) is 4.86. The first-order valence-corrected chi connectivity index (χ1v) is 11.5. The van der Waals surface area contributed by atoms with Gasteiger partial charge in [0.05, 0.1) is 5.52 Å². The van der Waals surface area contributed by atoms with E-state index in [0.29, 0.717) is 11.7 Å². The lowest BCUT2D eigenvalue weighted by atomic mass is 9.89. The van der Waals surface area contributed by atoms with Crippen molar-refractivity contribution in [1.29, 1.82) is 0 Å². The Morgan fingerprint density at radius 2 is 1.97 bits per heavy atom. The smallest absolute Gasteiger partial charge is 0.182 e. The Morgan fingerprint density at radius 1 is 1.03 bits per heavy atom. The van der Waals surface area contributed by atoms with Gasteiger partial charge < -0.3 is 10.1 Å². The summed E-state index contributed by atoms with van der Waals surface area (Å²) in [6, 6.07) is 10.5. The van der Waals surface area contributed by atoms with Crippen molar-refractivity contribution in [2.45, 2.75) is 44.2 Å². The molecule has 0 amide bonds. The Bertz CT molecular complexity index is 1200. The fraction of sp³-hybridized carbons (Fsp3) is 0.417. The summed E-state index contributed by atoms with van der Waals surface area (Å²) in [5, 5.41) is 13.9. The third-order valence-electron chi connectivity index (χ3n) is 6.56. The average molecular weight is 430 g/mol. The summed E-state index contributed by atoms with van der Waals surface area (Å²) in [6.45, 7) is 2.92. The van der Waals surface area contributed by atoms with Crippen LogP contribution in [0.5, 0.6) is 0 Å². The zero-order valence-electron chi connectivity index (χ0n) is 18.0. The normalized spacial score (nSPS) is 20.1. The summed E-state index contributed by atoms with van der Waals surface area (Å²) in [4.78, 5) is 9.39. The molecule has 0 radical (unpaired) electrons. The second-order valence-electron chi connectivity index (χ2n) is 8.60. The highest BCUT2D eigenvalue weighted by molar-refractivity contribution is 5.92. The number of piperidine rings is 1. The summed E-state index contributed by atoms with van der Waals surface area (Å²) >= 11 is 0. The van der Waals surface area contributed by atoms with E-state index in [-0.39, 0.29) is 6.23 Å². The maximum Gasteiger partial charge on any atom is 0.182 e. The predicted molar refractivity (Wildman–Crippen MR) is 122 cm³/mol. The van der Waals surface area contributed by atoms with E-state index in [9.17, 15) is 0 Å². The predicted octanol–water partition coefficient (Wildman–Crippen LogP) is 3.85. The molecular formula is C24H27N7O. The number of nitrogens with one attached hydrogen (secondary N) is 1. The van der Waals surface area contributed by atoms with Gasteiger partial charge in [-0.2, -0.15) is 10.2 Å². The quantitative estimate of drug-likeness (QED) is 0.531.